The molecule has 1 saturated carbocycles. The summed E-state index contributed by atoms with van der Waals surface area (Å²) < 4.78 is 39.1. The summed E-state index contributed by atoms with van der Waals surface area (Å²) in [6.07, 6.45) is 3.02. The number of piperidine rings is 1. The number of amides is 2. The number of hydrogen-bond acceptors (Lipinski definition) is 3. The summed E-state index contributed by atoms with van der Waals surface area (Å²) >= 11 is 0. The molecule has 3 aromatic carbocycles. The minimum absolute atomic E-state index is 0.0408. The van der Waals surface area contributed by atoms with Crippen molar-refractivity contribution >= 4 is 17.5 Å². The Morgan fingerprint density at radius 1 is 0.844 bits per heavy atom. The van der Waals surface area contributed by atoms with Crippen molar-refractivity contribution in [3.63, 3.8) is 0 Å². The Balaban J connectivity index is 1.12. The van der Waals surface area contributed by atoms with Crippen molar-refractivity contribution in [2.24, 2.45) is 5.92 Å². The van der Waals surface area contributed by atoms with Crippen LogP contribution in [0.5, 0.6) is 0 Å². The highest BCUT2D eigenvalue weighted by molar-refractivity contribution is 6.01. The smallest absolute Gasteiger partial charge is 0.349 e. The lowest BCUT2D eigenvalue weighted by molar-refractivity contribution is -0.137. The first kappa shape index (κ1) is 32.7. The van der Waals surface area contributed by atoms with Crippen LogP contribution >= 0.6 is 0 Å². The highest BCUT2D eigenvalue weighted by Gasteiger charge is 2.35. The topological polar surface area (TPSA) is 52.6 Å². The predicted octanol–water partition coefficient (Wildman–Crippen LogP) is 7.91. The lowest BCUT2D eigenvalue weighted by Gasteiger charge is -2.33. The second-order valence-corrected chi connectivity index (χ2v) is 12.3. The highest BCUT2D eigenvalue weighted by Crippen LogP contribution is 2.36. The highest BCUT2D eigenvalue weighted by atomic mass is 19.4. The van der Waals surface area contributed by atoms with Crippen molar-refractivity contribution in [2.45, 2.75) is 77.4 Å². The van der Waals surface area contributed by atoms with Gasteiger partial charge in [0.15, 0.2) is 0 Å². The fourth-order valence-corrected chi connectivity index (χ4v) is 6.39. The molecule has 8 heteroatoms. The van der Waals surface area contributed by atoms with E-state index in [1.807, 2.05) is 0 Å². The number of aryl methyl sites for hydroxylation is 2. The summed E-state index contributed by atoms with van der Waals surface area (Å²) in [5.74, 6) is 0.251. The Bertz CT molecular complexity index is 1440. The van der Waals surface area contributed by atoms with Crippen molar-refractivity contribution < 1.29 is 22.8 Å². The standard InChI is InChI=1S/C37H44F3N3O2/c1-3-26-10-9-11-27(4-2)34(26)43(36(45)29-14-15-29)23-8-7-22-42-24-20-31(21-25-42)41-35(44)33-13-6-5-12-32(33)28-16-18-30(19-17-28)37(38,39)40/h5-6,9-13,16-19,29,31H,3-4,7-8,14-15,20-25H2,1-2H3,(H,41,44). The van der Waals surface area contributed by atoms with Crippen LogP contribution < -0.4 is 10.2 Å². The second kappa shape index (κ2) is 14.6. The van der Waals surface area contributed by atoms with Crippen molar-refractivity contribution in [3.8, 4) is 11.1 Å². The largest absolute Gasteiger partial charge is 0.416 e. The molecule has 2 amide bonds. The first-order valence-corrected chi connectivity index (χ1v) is 16.4. The van der Waals surface area contributed by atoms with Gasteiger partial charge in [0.05, 0.1) is 5.56 Å². The van der Waals surface area contributed by atoms with Crippen LogP contribution in [0.3, 0.4) is 0 Å². The van der Waals surface area contributed by atoms with Gasteiger partial charge in [-0.3, -0.25) is 9.59 Å². The molecule has 3 aromatic rings. The SMILES string of the molecule is CCc1cccc(CC)c1N(CCCCN1CCC(NC(=O)c2ccccc2-c2ccc(C(F)(F)F)cc2)CC1)C(=O)C1CC1. The maximum Gasteiger partial charge on any atom is 0.416 e. The molecular formula is C37H44F3N3O2. The Kier molecular flexibility index (Phi) is 10.6. The van der Waals surface area contributed by atoms with Crippen LogP contribution in [0.15, 0.2) is 66.7 Å². The van der Waals surface area contributed by atoms with Crippen molar-refractivity contribution in [3.05, 3.63) is 89.0 Å². The molecule has 1 aliphatic carbocycles. The summed E-state index contributed by atoms with van der Waals surface area (Å²) in [7, 11) is 0. The van der Waals surface area contributed by atoms with Gasteiger partial charge in [0.25, 0.3) is 5.91 Å². The lowest BCUT2D eigenvalue weighted by atomic mass is 9.97. The first-order valence-electron chi connectivity index (χ1n) is 16.4. The number of unbranched alkanes of at least 4 members (excludes halogenated alkanes) is 1. The number of carbonyl (C=O) groups excluding carboxylic acids is 2. The van der Waals surface area contributed by atoms with Gasteiger partial charge in [-0.25, -0.2) is 0 Å². The Hall–Kier alpha value is -3.65. The number of anilines is 1. The second-order valence-electron chi connectivity index (χ2n) is 12.3. The Morgan fingerprint density at radius 3 is 2.09 bits per heavy atom. The number of benzene rings is 3. The van der Waals surface area contributed by atoms with Crippen LogP contribution in [0.25, 0.3) is 11.1 Å². The number of rotatable bonds is 12. The van der Waals surface area contributed by atoms with Crippen LogP contribution in [0.2, 0.25) is 0 Å². The predicted molar refractivity (Wildman–Crippen MR) is 173 cm³/mol. The molecule has 0 radical (unpaired) electrons. The van der Waals surface area contributed by atoms with Gasteiger partial charge in [0.1, 0.15) is 0 Å². The van der Waals surface area contributed by atoms with Gasteiger partial charge in [0.2, 0.25) is 5.91 Å². The van der Waals surface area contributed by atoms with E-state index >= 15 is 0 Å². The molecule has 5 rings (SSSR count). The van der Waals surface area contributed by atoms with E-state index in [1.54, 1.807) is 24.3 Å². The molecule has 1 N–H and O–H groups in total. The number of hydrogen-bond donors (Lipinski definition) is 1. The zero-order chi connectivity index (χ0) is 32.0. The quantitative estimate of drug-likeness (QED) is 0.210. The first-order chi connectivity index (χ1) is 21.7. The summed E-state index contributed by atoms with van der Waals surface area (Å²) in [4.78, 5) is 31.1. The number of halogens is 3. The van der Waals surface area contributed by atoms with Gasteiger partial charge in [-0.1, -0.05) is 62.4 Å². The van der Waals surface area contributed by atoms with Gasteiger partial charge < -0.3 is 15.1 Å². The minimum atomic E-state index is -4.40. The van der Waals surface area contributed by atoms with Crippen LogP contribution in [-0.2, 0) is 23.8 Å². The van der Waals surface area contributed by atoms with E-state index in [9.17, 15) is 22.8 Å². The van der Waals surface area contributed by atoms with Crippen LogP contribution in [0.1, 0.15) is 79.4 Å². The third-order valence-corrected chi connectivity index (χ3v) is 9.15. The van der Waals surface area contributed by atoms with Gasteiger partial charge in [-0.05, 0) is 98.4 Å². The summed E-state index contributed by atoms with van der Waals surface area (Å²) in [5.41, 5.74) is 4.56. The van der Waals surface area contributed by atoms with Crippen LogP contribution in [-0.4, -0.2) is 48.9 Å². The van der Waals surface area contributed by atoms with Crippen molar-refractivity contribution in [2.75, 3.05) is 31.1 Å². The molecule has 45 heavy (non-hydrogen) atoms. The molecule has 1 saturated heterocycles. The number of carbonyl (C=O) groups is 2. The van der Waals surface area contributed by atoms with E-state index in [-0.39, 0.29) is 23.8 Å². The van der Waals surface area contributed by atoms with Crippen molar-refractivity contribution in [1.29, 1.82) is 0 Å². The summed E-state index contributed by atoms with van der Waals surface area (Å²) in [6, 6.07) is 18.4. The summed E-state index contributed by atoms with van der Waals surface area (Å²) in [5, 5.41) is 3.16. The van der Waals surface area contributed by atoms with Crippen molar-refractivity contribution in [1.82, 2.24) is 10.2 Å². The van der Waals surface area contributed by atoms with Gasteiger partial charge in [0, 0.05) is 42.8 Å². The molecule has 0 spiro atoms. The van der Waals surface area contributed by atoms with Crippen LogP contribution in [0.4, 0.5) is 18.9 Å². The molecule has 240 valence electrons. The van der Waals surface area contributed by atoms with E-state index in [0.29, 0.717) is 16.7 Å². The van der Waals surface area contributed by atoms with Gasteiger partial charge >= 0.3 is 6.18 Å². The van der Waals surface area contributed by atoms with E-state index in [2.05, 4.69) is 47.2 Å². The normalized spacial score (nSPS) is 16.0. The molecule has 0 atom stereocenters. The van der Waals surface area contributed by atoms with E-state index in [0.717, 1.165) is 95.4 Å². The maximum atomic E-state index is 13.4. The molecule has 0 unspecified atom stereocenters. The number of alkyl halides is 3. The van der Waals surface area contributed by atoms with Gasteiger partial charge in [-0.2, -0.15) is 13.2 Å². The van der Waals surface area contributed by atoms with Gasteiger partial charge in [-0.15, -0.1) is 0 Å². The number of likely N-dealkylation sites (tertiary alicyclic amines) is 1. The fourth-order valence-electron chi connectivity index (χ4n) is 6.39. The molecule has 0 aromatic heterocycles. The zero-order valence-electron chi connectivity index (χ0n) is 26.3. The molecular weight excluding hydrogens is 575 g/mol. The third-order valence-electron chi connectivity index (χ3n) is 9.15. The Labute approximate surface area is 264 Å². The fraction of sp³-hybridized carbons (Fsp3) is 0.459. The molecule has 0 bridgehead atoms. The molecule has 1 heterocycles. The van der Waals surface area contributed by atoms with E-state index in [1.165, 1.54) is 23.3 Å². The number of nitrogens with one attached hydrogen (secondary N) is 1. The zero-order valence-corrected chi connectivity index (χ0v) is 26.3. The number of nitrogens with zero attached hydrogens (tertiary/aromatic N) is 2. The lowest BCUT2D eigenvalue weighted by Crippen LogP contribution is -2.45. The Morgan fingerprint density at radius 2 is 1.49 bits per heavy atom. The summed E-state index contributed by atoms with van der Waals surface area (Å²) in [6.45, 7) is 7.78. The van der Waals surface area contributed by atoms with Crippen LogP contribution in [0, 0.1) is 5.92 Å². The minimum Gasteiger partial charge on any atom is -0.349 e. The molecule has 2 fully saturated rings. The maximum absolute atomic E-state index is 13.4. The number of para-hydroxylation sites is 1. The molecule has 2 aliphatic rings. The molecule has 1 aliphatic heterocycles. The monoisotopic (exact) mass is 619 g/mol. The average Bonchev–Trinajstić information content (AvgIpc) is 3.91. The van der Waals surface area contributed by atoms with E-state index in [4.69, 9.17) is 0 Å². The third kappa shape index (κ3) is 8.15. The molecule has 5 nitrogen and oxygen atoms in total. The average molecular weight is 620 g/mol. The van der Waals surface area contributed by atoms with E-state index < -0.39 is 11.7 Å².